The van der Waals surface area contributed by atoms with E-state index < -0.39 is 0 Å². The lowest BCUT2D eigenvalue weighted by atomic mass is 9.75. The molecule has 0 fully saturated rings. The molecular formula is C24H55N5. The zero-order chi connectivity index (χ0) is 21.6. The zero-order valence-corrected chi connectivity index (χ0v) is 19.7. The minimum atomic E-state index is -0.168. The molecule has 0 heterocycles. The molecule has 0 saturated heterocycles. The molecule has 0 aliphatic heterocycles. The summed E-state index contributed by atoms with van der Waals surface area (Å²) >= 11 is 0. The fourth-order valence-electron chi connectivity index (χ4n) is 4.37. The highest BCUT2D eigenvalue weighted by atomic mass is 14.9. The van der Waals surface area contributed by atoms with E-state index >= 15 is 0 Å². The first-order chi connectivity index (χ1) is 14.1. The monoisotopic (exact) mass is 413 g/mol. The maximum absolute atomic E-state index is 6.90. The fraction of sp³-hybridized carbons (Fsp3) is 1.00. The number of rotatable bonds is 23. The van der Waals surface area contributed by atoms with Crippen molar-refractivity contribution in [3.05, 3.63) is 0 Å². The summed E-state index contributed by atoms with van der Waals surface area (Å²) in [6, 6.07) is 0. The predicted octanol–water partition coefficient (Wildman–Crippen LogP) is 4.03. The van der Waals surface area contributed by atoms with Gasteiger partial charge >= 0.3 is 0 Å². The highest BCUT2D eigenvalue weighted by Gasteiger charge is 2.33. The summed E-state index contributed by atoms with van der Waals surface area (Å²) in [5, 5.41) is 3.69. The Kier molecular flexibility index (Phi) is 20.9. The Morgan fingerprint density at radius 1 is 0.655 bits per heavy atom. The van der Waals surface area contributed by atoms with Gasteiger partial charge in [0.25, 0.3) is 0 Å². The molecule has 5 heteroatoms. The first-order valence-electron chi connectivity index (χ1n) is 12.7. The van der Waals surface area contributed by atoms with Crippen LogP contribution in [-0.2, 0) is 0 Å². The van der Waals surface area contributed by atoms with Crippen LogP contribution >= 0.6 is 0 Å². The Hall–Kier alpha value is -0.200. The van der Waals surface area contributed by atoms with Crippen LogP contribution in [0.1, 0.15) is 110 Å². The van der Waals surface area contributed by atoms with E-state index in [9.17, 15) is 0 Å². The van der Waals surface area contributed by atoms with Crippen LogP contribution in [0.15, 0.2) is 0 Å². The van der Waals surface area contributed by atoms with Crippen molar-refractivity contribution in [1.82, 2.24) is 5.32 Å². The Morgan fingerprint density at radius 3 is 1.62 bits per heavy atom. The van der Waals surface area contributed by atoms with Gasteiger partial charge in [0.2, 0.25) is 0 Å². The summed E-state index contributed by atoms with van der Waals surface area (Å²) in [6.07, 6.45) is 19.9. The maximum Gasteiger partial charge on any atom is 0.0196 e. The third-order valence-electron chi connectivity index (χ3n) is 6.36. The second-order valence-electron chi connectivity index (χ2n) is 9.03. The second-order valence-corrected chi connectivity index (χ2v) is 9.03. The van der Waals surface area contributed by atoms with Gasteiger partial charge in [-0.25, -0.2) is 0 Å². The molecule has 0 aromatic rings. The lowest BCUT2D eigenvalue weighted by molar-refractivity contribution is 0.207. The van der Waals surface area contributed by atoms with E-state index in [1.54, 1.807) is 0 Å². The van der Waals surface area contributed by atoms with Gasteiger partial charge < -0.3 is 28.3 Å². The predicted molar refractivity (Wildman–Crippen MR) is 130 cm³/mol. The summed E-state index contributed by atoms with van der Waals surface area (Å²) < 4.78 is 0. The molecule has 0 aromatic heterocycles. The van der Waals surface area contributed by atoms with Crippen molar-refractivity contribution in [3.63, 3.8) is 0 Å². The van der Waals surface area contributed by atoms with Crippen molar-refractivity contribution >= 4 is 0 Å². The zero-order valence-electron chi connectivity index (χ0n) is 19.7. The molecule has 1 unspecified atom stereocenters. The Labute approximate surface area is 182 Å². The van der Waals surface area contributed by atoms with Crippen molar-refractivity contribution < 1.29 is 0 Å². The van der Waals surface area contributed by atoms with E-state index in [4.69, 9.17) is 22.9 Å². The fourth-order valence-corrected chi connectivity index (χ4v) is 4.37. The lowest BCUT2D eigenvalue weighted by Crippen LogP contribution is -2.51. The number of nitrogens with two attached hydrogens (primary N) is 4. The van der Waals surface area contributed by atoms with Crippen LogP contribution in [0.4, 0.5) is 0 Å². The molecule has 176 valence electrons. The summed E-state index contributed by atoms with van der Waals surface area (Å²) in [6.45, 7) is 6.51. The molecule has 9 N–H and O–H groups in total. The highest BCUT2D eigenvalue weighted by molar-refractivity contribution is 4.92. The molecule has 5 nitrogen and oxygen atoms in total. The summed E-state index contributed by atoms with van der Waals surface area (Å²) in [5.41, 5.74) is 24.1. The van der Waals surface area contributed by atoms with Gasteiger partial charge in [0.15, 0.2) is 0 Å². The Balaban J connectivity index is 4.08. The largest absolute Gasteiger partial charge is 0.330 e. The van der Waals surface area contributed by atoms with Gasteiger partial charge in [0.1, 0.15) is 0 Å². The Bertz CT molecular complexity index is 316. The first-order valence-corrected chi connectivity index (χ1v) is 12.7. The molecule has 1 atom stereocenters. The molecule has 0 aliphatic rings. The van der Waals surface area contributed by atoms with Crippen LogP contribution in [0.5, 0.6) is 0 Å². The number of hydrogen-bond donors (Lipinski definition) is 5. The van der Waals surface area contributed by atoms with E-state index in [-0.39, 0.29) is 5.54 Å². The van der Waals surface area contributed by atoms with Gasteiger partial charge in [0.05, 0.1) is 0 Å². The third kappa shape index (κ3) is 16.2. The van der Waals surface area contributed by atoms with Crippen LogP contribution in [0.3, 0.4) is 0 Å². The maximum atomic E-state index is 6.90. The average Bonchev–Trinajstić information content (AvgIpc) is 2.73. The molecule has 0 bridgehead atoms. The number of hydrogen-bond acceptors (Lipinski definition) is 5. The molecule has 29 heavy (non-hydrogen) atoms. The van der Waals surface area contributed by atoms with E-state index in [1.807, 2.05) is 0 Å². The van der Waals surface area contributed by atoms with E-state index in [1.165, 1.54) is 64.2 Å². The van der Waals surface area contributed by atoms with Crippen molar-refractivity contribution in [3.8, 4) is 0 Å². The van der Waals surface area contributed by atoms with Crippen LogP contribution < -0.4 is 28.3 Å². The molecule has 0 aliphatic carbocycles. The summed E-state index contributed by atoms with van der Waals surface area (Å²) in [4.78, 5) is 0. The molecular weight excluding hydrogens is 358 g/mol. The topological polar surface area (TPSA) is 116 Å². The Morgan fingerprint density at radius 2 is 1.14 bits per heavy atom. The van der Waals surface area contributed by atoms with Crippen molar-refractivity contribution in [2.75, 3.05) is 32.7 Å². The van der Waals surface area contributed by atoms with Gasteiger partial charge in [0, 0.05) is 5.54 Å². The summed E-state index contributed by atoms with van der Waals surface area (Å²) in [7, 11) is 0. The van der Waals surface area contributed by atoms with Gasteiger partial charge in [-0.2, -0.15) is 0 Å². The minimum Gasteiger partial charge on any atom is -0.330 e. The van der Waals surface area contributed by atoms with Crippen LogP contribution in [0.25, 0.3) is 0 Å². The van der Waals surface area contributed by atoms with Gasteiger partial charge in [-0.1, -0.05) is 64.7 Å². The van der Waals surface area contributed by atoms with Gasteiger partial charge in [-0.3, -0.25) is 0 Å². The van der Waals surface area contributed by atoms with Crippen LogP contribution in [-0.4, -0.2) is 38.3 Å². The number of unbranched alkanes of at least 4 members (excludes halogenated alkanes) is 9. The van der Waals surface area contributed by atoms with Crippen LogP contribution in [0, 0.1) is 5.92 Å². The molecule has 0 amide bonds. The van der Waals surface area contributed by atoms with Crippen molar-refractivity contribution in [2.45, 2.75) is 115 Å². The normalized spacial score (nSPS) is 13.1. The van der Waals surface area contributed by atoms with Gasteiger partial charge in [-0.05, 0) is 83.6 Å². The lowest BCUT2D eigenvalue weighted by Gasteiger charge is -2.38. The first kappa shape index (κ1) is 28.8. The standard InChI is InChI=1S/C24H55N5/c1-2-3-4-5-6-7-8-9-10-11-21-29-22-23(15-12-18-25)24(28,16-13-19-26)17-14-20-27/h23,29H,2-22,25-28H2,1H3. The molecule has 0 saturated carbocycles. The summed E-state index contributed by atoms with van der Waals surface area (Å²) in [5.74, 6) is 0.451. The van der Waals surface area contributed by atoms with E-state index in [0.29, 0.717) is 19.0 Å². The molecule has 0 rings (SSSR count). The SMILES string of the molecule is CCCCCCCCCCCCNCC(CCCN)C(N)(CCCN)CCCN. The smallest absolute Gasteiger partial charge is 0.0196 e. The average molecular weight is 414 g/mol. The molecule has 0 aromatic carbocycles. The van der Waals surface area contributed by atoms with Crippen molar-refractivity contribution in [2.24, 2.45) is 28.9 Å². The van der Waals surface area contributed by atoms with E-state index in [0.717, 1.165) is 58.2 Å². The van der Waals surface area contributed by atoms with Crippen molar-refractivity contribution in [1.29, 1.82) is 0 Å². The second kappa shape index (κ2) is 21.0. The molecule has 0 radical (unpaired) electrons. The third-order valence-corrected chi connectivity index (χ3v) is 6.36. The number of nitrogens with one attached hydrogen (secondary N) is 1. The van der Waals surface area contributed by atoms with Crippen LogP contribution in [0.2, 0.25) is 0 Å². The highest BCUT2D eigenvalue weighted by Crippen LogP contribution is 2.29. The minimum absolute atomic E-state index is 0.168. The quantitative estimate of drug-likeness (QED) is 0.162. The van der Waals surface area contributed by atoms with Gasteiger partial charge in [-0.15, -0.1) is 0 Å². The molecule has 0 spiro atoms. The van der Waals surface area contributed by atoms with E-state index in [2.05, 4.69) is 12.2 Å².